The van der Waals surface area contributed by atoms with Crippen molar-refractivity contribution in [3.8, 4) is 0 Å². The molecule has 0 aliphatic carbocycles. The van der Waals surface area contributed by atoms with Crippen LogP contribution < -0.4 is 10.6 Å². The molecular formula is C22H29IN6. The molecule has 0 fully saturated rings. The molecule has 1 atom stereocenters. The van der Waals surface area contributed by atoms with Crippen LogP contribution in [0.1, 0.15) is 30.6 Å². The van der Waals surface area contributed by atoms with Gasteiger partial charge in [-0.3, -0.25) is 4.99 Å². The van der Waals surface area contributed by atoms with E-state index in [0.717, 1.165) is 56.5 Å². The van der Waals surface area contributed by atoms with Gasteiger partial charge in [-0.05, 0) is 43.0 Å². The lowest BCUT2D eigenvalue weighted by molar-refractivity contribution is 0.392. The first-order valence-corrected chi connectivity index (χ1v) is 10.1. The molecule has 0 amide bonds. The zero-order valence-corrected chi connectivity index (χ0v) is 19.4. The number of fused-ring (bicyclic) bond motifs is 2. The van der Waals surface area contributed by atoms with Crippen molar-refractivity contribution in [1.82, 2.24) is 25.4 Å². The number of nitrogens with one attached hydrogen (secondary N) is 2. The average Bonchev–Trinajstić information content (AvgIpc) is 3.07. The Morgan fingerprint density at radius 1 is 1.21 bits per heavy atom. The summed E-state index contributed by atoms with van der Waals surface area (Å²) < 4.78 is 2.02. The van der Waals surface area contributed by atoms with Crippen molar-refractivity contribution >= 4 is 40.7 Å². The molecule has 0 radical (unpaired) electrons. The van der Waals surface area contributed by atoms with E-state index in [1.807, 2.05) is 11.6 Å². The SMILES string of the molecule is CCNC(=NCCc1cccc2ccccc12)NC1CCc2nc(C)nn2C1.I. The predicted octanol–water partition coefficient (Wildman–Crippen LogP) is 3.47. The van der Waals surface area contributed by atoms with Crippen LogP contribution in [-0.2, 0) is 19.4 Å². The van der Waals surface area contributed by atoms with Gasteiger partial charge in [0, 0.05) is 25.6 Å². The van der Waals surface area contributed by atoms with Gasteiger partial charge in [0.05, 0.1) is 6.54 Å². The van der Waals surface area contributed by atoms with Crippen molar-refractivity contribution in [2.24, 2.45) is 4.99 Å². The maximum Gasteiger partial charge on any atom is 0.191 e. The van der Waals surface area contributed by atoms with E-state index in [2.05, 4.69) is 70.1 Å². The molecule has 0 spiro atoms. The molecule has 1 aliphatic rings. The largest absolute Gasteiger partial charge is 0.357 e. The third kappa shape index (κ3) is 5.26. The highest BCUT2D eigenvalue weighted by Crippen LogP contribution is 2.19. The number of hydrogen-bond donors (Lipinski definition) is 2. The summed E-state index contributed by atoms with van der Waals surface area (Å²) in [5.74, 6) is 2.83. The minimum absolute atomic E-state index is 0. The second-order valence-corrected chi connectivity index (χ2v) is 7.29. The van der Waals surface area contributed by atoms with E-state index in [1.165, 1.54) is 16.3 Å². The first kappa shape index (κ1) is 21.5. The molecule has 0 bridgehead atoms. The number of nitrogens with zero attached hydrogens (tertiary/aromatic N) is 4. The topological polar surface area (TPSA) is 67.1 Å². The zero-order valence-electron chi connectivity index (χ0n) is 17.1. The van der Waals surface area contributed by atoms with E-state index in [9.17, 15) is 0 Å². The molecule has 1 aromatic heterocycles. The molecule has 2 N–H and O–H groups in total. The molecule has 3 aromatic rings. The lowest BCUT2D eigenvalue weighted by Crippen LogP contribution is -2.47. The van der Waals surface area contributed by atoms with Crippen LogP contribution in [0.4, 0.5) is 0 Å². The molecule has 154 valence electrons. The number of rotatable bonds is 5. The van der Waals surface area contributed by atoms with Crippen LogP contribution in [-0.4, -0.2) is 39.9 Å². The molecule has 4 rings (SSSR count). The van der Waals surface area contributed by atoms with Gasteiger partial charge in [0.15, 0.2) is 5.96 Å². The van der Waals surface area contributed by atoms with E-state index >= 15 is 0 Å². The van der Waals surface area contributed by atoms with E-state index < -0.39 is 0 Å². The summed E-state index contributed by atoms with van der Waals surface area (Å²) in [5.41, 5.74) is 1.35. The minimum Gasteiger partial charge on any atom is -0.357 e. The van der Waals surface area contributed by atoms with Crippen molar-refractivity contribution in [2.45, 2.75) is 45.7 Å². The van der Waals surface area contributed by atoms with Crippen molar-refractivity contribution in [1.29, 1.82) is 0 Å². The van der Waals surface area contributed by atoms with E-state index in [-0.39, 0.29) is 24.0 Å². The van der Waals surface area contributed by atoms with Crippen LogP contribution in [0, 0.1) is 6.92 Å². The Kier molecular flexibility index (Phi) is 7.46. The lowest BCUT2D eigenvalue weighted by atomic mass is 10.0. The molecule has 6 nitrogen and oxygen atoms in total. The summed E-state index contributed by atoms with van der Waals surface area (Å²) in [6.45, 7) is 6.49. The van der Waals surface area contributed by atoms with Gasteiger partial charge in [0.1, 0.15) is 11.6 Å². The van der Waals surface area contributed by atoms with Gasteiger partial charge >= 0.3 is 0 Å². The average molecular weight is 504 g/mol. The van der Waals surface area contributed by atoms with E-state index in [0.29, 0.717) is 6.04 Å². The van der Waals surface area contributed by atoms with Crippen molar-refractivity contribution in [2.75, 3.05) is 13.1 Å². The Bertz CT molecular complexity index is 975. The van der Waals surface area contributed by atoms with Crippen molar-refractivity contribution in [3.63, 3.8) is 0 Å². The first-order valence-electron chi connectivity index (χ1n) is 10.1. The minimum atomic E-state index is 0. The second-order valence-electron chi connectivity index (χ2n) is 7.29. The van der Waals surface area contributed by atoms with Gasteiger partial charge in [-0.2, -0.15) is 5.10 Å². The van der Waals surface area contributed by atoms with Crippen molar-refractivity contribution in [3.05, 3.63) is 59.7 Å². The monoisotopic (exact) mass is 504 g/mol. The quantitative estimate of drug-likeness (QED) is 0.317. The Morgan fingerprint density at radius 2 is 2.03 bits per heavy atom. The van der Waals surface area contributed by atoms with Gasteiger partial charge in [-0.15, -0.1) is 24.0 Å². The van der Waals surface area contributed by atoms with Gasteiger partial charge in [0.2, 0.25) is 0 Å². The summed E-state index contributed by atoms with van der Waals surface area (Å²) in [4.78, 5) is 9.31. The normalized spacial score (nSPS) is 16.2. The number of hydrogen-bond acceptors (Lipinski definition) is 3. The van der Waals surface area contributed by atoms with Crippen LogP contribution >= 0.6 is 24.0 Å². The summed E-state index contributed by atoms with van der Waals surface area (Å²) in [7, 11) is 0. The predicted molar refractivity (Wildman–Crippen MR) is 129 cm³/mol. The number of aryl methyl sites for hydroxylation is 2. The third-order valence-electron chi connectivity index (χ3n) is 5.18. The third-order valence-corrected chi connectivity index (χ3v) is 5.18. The van der Waals surface area contributed by atoms with Crippen LogP contribution in [0.15, 0.2) is 47.5 Å². The summed E-state index contributed by atoms with van der Waals surface area (Å²) in [6, 6.07) is 15.4. The smallest absolute Gasteiger partial charge is 0.191 e. The maximum atomic E-state index is 4.82. The maximum absolute atomic E-state index is 4.82. The number of aliphatic imine (C=N–C) groups is 1. The molecule has 0 saturated heterocycles. The fourth-order valence-electron chi connectivity index (χ4n) is 3.86. The molecule has 0 saturated carbocycles. The Morgan fingerprint density at radius 3 is 2.90 bits per heavy atom. The Balaban J connectivity index is 0.00000240. The molecule has 7 heteroatoms. The van der Waals surface area contributed by atoms with Crippen LogP contribution in [0.5, 0.6) is 0 Å². The summed E-state index contributed by atoms with van der Waals surface area (Å²) in [5, 5.41) is 14.1. The fourth-order valence-corrected chi connectivity index (χ4v) is 3.86. The number of halogens is 1. The second kappa shape index (κ2) is 10.0. The summed E-state index contributed by atoms with van der Waals surface area (Å²) in [6.07, 6.45) is 2.93. The van der Waals surface area contributed by atoms with E-state index in [4.69, 9.17) is 4.99 Å². The molecule has 2 heterocycles. The fraction of sp³-hybridized carbons (Fsp3) is 0.409. The first-order chi connectivity index (χ1) is 13.7. The molecule has 1 unspecified atom stereocenters. The van der Waals surface area contributed by atoms with Gasteiger partial charge < -0.3 is 10.6 Å². The molecular weight excluding hydrogens is 475 g/mol. The van der Waals surface area contributed by atoms with Crippen LogP contribution in [0.2, 0.25) is 0 Å². The highest BCUT2D eigenvalue weighted by atomic mass is 127. The Labute approximate surface area is 189 Å². The van der Waals surface area contributed by atoms with E-state index in [1.54, 1.807) is 0 Å². The van der Waals surface area contributed by atoms with Gasteiger partial charge in [0.25, 0.3) is 0 Å². The van der Waals surface area contributed by atoms with Gasteiger partial charge in [-0.1, -0.05) is 42.5 Å². The number of guanidine groups is 1. The molecule has 1 aliphatic heterocycles. The number of benzene rings is 2. The highest BCUT2D eigenvalue weighted by Gasteiger charge is 2.21. The standard InChI is InChI=1S/C22H28N6.HI/c1-3-23-22(26-19-11-12-21-25-16(2)27-28(21)15-19)24-14-13-18-9-6-8-17-7-4-5-10-20(17)18;/h4-10,19H,3,11-15H2,1-2H3,(H2,23,24,26);1H. The van der Waals surface area contributed by atoms with Crippen LogP contribution in [0.25, 0.3) is 10.8 Å². The Hall–Kier alpha value is -2.16. The molecule has 2 aromatic carbocycles. The molecule has 29 heavy (non-hydrogen) atoms. The lowest BCUT2D eigenvalue weighted by Gasteiger charge is -2.25. The van der Waals surface area contributed by atoms with Gasteiger partial charge in [-0.25, -0.2) is 9.67 Å². The number of aromatic nitrogens is 3. The zero-order chi connectivity index (χ0) is 19.3. The summed E-state index contributed by atoms with van der Waals surface area (Å²) >= 11 is 0. The van der Waals surface area contributed by atoms with Crippen molar-refractivity contribution < 1.29 is 0 Å². The van der Waals surface area contributed by atoms with Crippen LogP contribution in [0.3, 0.4) is 0 Å². The highest BCUT2D eigenvalue weighted by molar-refractivity contribution is 14.0.